The molecule has 0 saturated heterocycles. The second-order valence-electron chi connectivity index (χ2n) is 7.23. The molecule has 0 aliphatic rings. The predicted octanol–water partition coefficient (Wildman–Crippen LogP) is 14.5. The van der Waals surface area contributed by atoms with Crippen LogP contribution < -0.4 is 0 Å². The van der Waals surface area contributed by atoms with Gasteiger partial charge in [0.15, 0.2) is 0 Å². The molecule has 4 rings (SSSR count). The second-order valence-corrected chi connectivity index (χ2v) is 11.8. The molecule has 0 saturated carbocycles. The zero-order chi connectivity index (χ0) is 26.6. The van der Waals surface area contributed by atoms with Gasteiger partial charge in [0.1, 0.15) is 0 Å². The van der Waals surface area contributed by atoms with E-state index >= 15 is 0 Å². The summed E-state index contributed by atoms with van der Waals surface area (Å²) < 4.78 is 0. The Kier molecular flexibility index (Phi) is 9.34. The molecule has 0 nitrogen and oxygen atoms in total. The first-order valence-corrected chi connectivity index (χ1v) is 14.0. The lowest BCUT2D eigenvalue weighted by Gasteiger charge is -2.23. The van der Waals surface area contributed by atoms with Crippen LogP contribution in [0.2, 0.25) is 60.3 Å². The SMILES string of the molecule is Clc1cc(-c2c(Cl)c(Cl)c(Cl)c(Cl)c2-c2c(Cl)c(Cl)c(Cl)c(Cl)c2Cl)c(-c2ccccc2)c(Cl)c1Cl. The number of benzene rings is 4. The maximum Gasteiger partial charge on any atom is 0.0809 e. The predicted molar refractivity (Wildman–Crippen MR) is 163 cm³/mol. The maximum absolute atomic E-state index is 6.81. The van der Waals surface area contributed by atoms with Crippen molar-refractivity contribution in [3.63, 3.8) is 0 Å². The summed E-state index contributed by atoms with van der Waals surface area (Å²) in [4.78, 5) is 0. The minimum atomic E-state index is -0.0533. The van der Waals surface area contributed by atoms with Crippen molar-refractivity contribution in [3.05, 3.63) is 96.7 Å². The van der Waals surface area contributed by atoms with Gasteiger partial charge in [-0.3, -0.25) is 0 Å². The maximum atomic E-state index is 6.81. The van der Waals surface area contributed by atoms with Gasteiger partial charge in [0.2, 0.25) is 0 Å². The standard InChI is InChI=1S/C24H6Cl12/c25-9-6-8(10(15(27)14(9)26)7-4-2-1-3-5-7)11-12(17(29)21(33)20(32)16(11)28)13-18(30)22(34)24(36)23(35)19(13)31/h1-6H. The first-order chi connectivity index (χ1) is 16.9. The third-order valence-corrected chi connectivity index (χ3v) is 10.6. The molecule has 0 unspecified atom stereocenters. The molecule has 4 aromatic carbocycles. The summed E-state index contributed by atoms with van der Waals surface area (Å²) in [6.45, 7) is 0. The smallest absolute Gasteiger partial charge is 0.0809 e. The summed E-state index contributed by atoms with van der Waals surface area (Å²) >= 11 is 78.3. The minimum Gasteiger partial charge on any atom is -0.0826 e. The molecule has 0 heterocycles. The third-order valence-electron chi connectivity index (χ3n) is 5.22. The fourth-order valence-corrected chi connectivity index (χ4v) is 6.71. The van der Waals surface area contributed by atoms with Gasteiger partial charge in [-0.15, -0.1) is 0 Å². The number of hydrogen-bond acceptors (Lipinski definition) is 0. The molecule has 0 aliphatic carbocycles. The van der Waals surface area contributed by atoms with Gasteiger partial charge in [0.25, 0.3) is 0 Å². The van der Waals surface area contributed by atoms with Gasteiger partial charge in [-0.1, -0.05) is 170 Å². The van der Waals surface area contributed by atoms with E-state index in [1.54, 1.807) is 6.07 Å². The first kappa shape index (κ1) is 29.3. The van der Waals surface area contributed by atoms with Crippen molar-refractivity contribution in [3.8, 4) is 33.4 Å². The van der Waals surface area contributed by atoms with E-state index in [2.05, 4.69) is 0 Å². The lowest BCUT2D eigenvalue weighted by molar-refractivity contribution is 1.55. The van der Waals surface area contributed by atoms with Gasteiger partial charge >= 0.3 is 0 Å². The zero-order valence-electron chi connectivity index (χ0n) is 17.0. The molecule has 0 aromatic heterocycles. The summed E-state index contributed by atoms with van der Waals surface area (Å²) in [5.74, 6) is 0. The molecule has 0 amide bonds. The van der Waals surface area contributed by atoms with Crippen LogP contribution in [0.3, 0.4) is 0 Å². The molecular formula is C24H6Cl12. The minimum absolute atomic E-state index is 0.0158. The Bertz CT molecular complexity index is 1520. The summed E-state index contributed by atoms with van der Waals surface area (Å²) in [6, 6.07) is 10.7. The Morgan fingerprint density at radius 2 is 0.722 bits per heavy atom. The molecule has 0 atom stereocenters. The topological polar surface area (TPSA) is 0 Å². The van der Waals surface area contributed by atoms with Gasteiger partial charge in [-0.2, -0.15) is 0 Å². The molecule has 0 N–H and O–H groups in total. The molecule has 0 radical (unpaired) electrons. The normalized spacial score (nSPS) is 11.3. The van der Waals surface area contributed by atoms with Gasteiger partial charge in [-0.05, 0) is 17.2 Å². The Labute approximate surface area is 266 Å². The Morgan fingerprint density at radius 1 is 0.333 bits per heavy atom. The number of halogens is 12. The fourth-order valence-electron chi connectivity index (χ4n) is 3.62. The molecule has 0 fully saturated rings. The van der Waals surface area contributed by atoms with Crippen LogP contribution >= 0.6 is 139 Å². The van der Waals surface area contributed by atoms with Crippen LogP contribution in [-0.2, 0) is 0 Å². The lowest BCUT2D eigenvalue weighted by atomic mass is 9.89. The monoisotopic (exact) mass is 714 g/mol. The van der Waals surface area contributed by atoms with Crippen LogP contribution in [0.25, 0.3) is 33.4 Å². The molecular weight excluding hydrogens is 714 g/mol. The quantitative estimate of drug-likeness (QED) is 0.146. The van der Waals surface area contributed by atoms with Crippen LogP contribution in [0, 0.1) is 0 Å². The van der Waals surface area contributed by atoms with Gasteiger partial charge in [-0.25, -0.2) is 0 Å². The van der Waals surface area contributed by atoms with Crippen LogP contribution in [0.4, 0.5) is 0 Å². The van der Waals surface area contributed by atoms with Gasteiger partial charge in [0, 0.05) is 22.3 Å². The van der Waals surface area contributed by atoms with E-state index in [0.29, 0.717) is 16.7 Å². The molecule has 0 spiro atoms. The van der Waals surface area contributed by atoms with E-state index < -0.39 is 0 Å². The van der Waals surface area contributed by atoms with E-state index in [0.717, 1.165) is 0 Å². The number of hydrogen-bond donors (Lipinski definition) is 0. The van der Waals surface area contributed by atoms with Crippen molar-refractivity contribution >= 4 is 139 Å². The van der Waals surface area contributed by atoms with Gasteiger partial charge in [0.05, 0.1) is 60.3 Å². The van der Waals surface area contributed by atoms with Crippen LogP contribution in [0.15, 0.2) is 36.4 Å². The van der Waals surface area contributed by atoms with Crippen molar-refractivity contribution in [1.29, 1.82) is 0 Å². The third kappa shape index (κ3) is 4.90. The second kappa shape index (κ2) is 11.5. The Balaban J connectivity index is 2.29. The number of rotatable bonds is 3. The van der Waals surface area contributed by atoms with Crippen molar-refractivity contribution in [1.82, 2.24) is 0 Å². The van der Waals surface area contributed by atoms with E-state index in [-0.39, 0.29) is 77.0 Å². The highest BCUT2D eigenvalue weighted by Crippen LogP contribution is 2.58. The summed E-state index contributed by atoms with van der Waals surface area (Å²) in [5.41, 5.74) is 2.16. The highest BCUT2D eigenvalue weighted by molar-refractivity contribution is 6.59. The first-order valence-electron chi connectivity index (χ1n) is 9.51. The highest BCUT2D eigenvalue weighted by atomic mass is 35.5. The van der Waals surface area contributed by atoms with Crippen molar-refractivity contribution in [2.45, 2.75) is 0 Å². The van der Waals surface area contributed by atoms with Crippen LogP contribution in [-0.4, -0.2) is 0 Å². The van der Waals surface area contributed by atoms with Crippen LogP contribution in [0.5, 0.6) is 0 Å². The molecule has 186 valence electrons. The fraction of sp³-hybridized carbons (Fsp3) is 0. The van der Waals surface area contributed by atoms with E-state index in [9.17, 15) is 0 Å². The lowest BCUT2D eigenvalue weighted by Crippen LogP contribution is -1.97. The van der Waals surface area contributed by atoms with E-state index in [1.807, 2.05) is 30.3 Å². The zero-order valence-corrected chi connectivity index (χ0v) is 26.1. The largest absolute Gasteiger partial charge is 0.0826 e. The molecule has 36 heavy (non-hydrogen) atoms. The summed E-state index contributed by atoms with van der Waals surface area (Å²) in [5, 5.41) is 0.130. The van der Waals surface area contributed by atoms with Crippen molar-refractivity contribution < 1.29 is 0 Å². The van der Waals surface area contributed by atoms with Crippen LogP contribution in [0.1, 0.15) is 0 Å². The Morgan fingerprint density at radius 3 is 1.22 bits per heavy atom. The van der Waals surface area contributed by atoms with Crippen molar-refractivity contribution in [2.24, 2.45) is 0 Å². The van der Waals surface area contributed by atoms with E-state index in [1.165, 1.54) is 0 Å². The van der Waals surface area contributed by atoms with E-state index in [4.69, 9.17) is 139 Å². The molecule has 12 heteroatoms. The summed E-state index contributed by atoms with van der Waals surface area (Å²) in [6.07, 6.45) is 0. The average Bonchev–Trinajstić information content (AvgIpc) is 2.87. The van der Waals surface area contributed by atoms with Gasteiger partial charge < -0.3 is 0 Å². The average molecular weight is 720 g/mol. The Hall–Kier alpha value is 0.360. The highest BCUT2D eigenvalue weighted by Gasteiger charge is 2.31. The van der Waals surface area contributed by atoms with Crippen molar-refractivity contribution in [2.75, 3.05) is 0 Å². The molecule has 0 aliphatic heterocycles. The summed E-state index contributed by atoms with van der Waals surface area (Å²) in [7, 11) is 0. The molecule has 0 bridgehead atoms. The molecule has 4 aromatic rings.